The molecule has 0 unspecified atom stereocenters. The molecule has 0 heterocycles. The molecule has 0 bridgehead atoms. The molecule has 0 atom stereocenters. The fraction of sp³-hybridized carbons (Fsp3) is 0.316. The second-order valence-corrected chi connectivity index (χ2v) is 8.67. The van der Waals surface area contributed by atoms with Crippen molar-refractivity contribution in [3.8, 4) is 5.75 Å². The summed E-state index contributed by atoms with van der Waals surface area (Å²) in [5.74, 6) is 0.208. The van der Waals surface area contributed by atoms with Crippen LogP contribution in [0.25, 0.3) is 0 Å². The van der Waals surface area contributed by atoms with E-state index in [0.717, 1.165) is 11.8 Å². The number of carbonyl (C=O) groups excluding carboxylic acids is 1. The largest absolute Gasteiger partial charge is 0.385 e. The minimum atomic E-state index is -3.59. The van der Waals surface area contributed by atoms with Gasteiger partial charge in [0.25, 0.3) is 0 Å². The van der Waals surface area contributed by atoms with Crippen LogP contribution in [0.15, 0.2) is 42.5 Å². The number of rotatable bonds is 9. The lowest BCUT2D eigenvalue weighted by atomic mass is 10.2. The second kappa shape index (κ2) is 10.7. The molecule has 29 heavy (non-hydrogen) atoms. The van der Waals surface area contributed by atoms with E-state index in [-0.39, 0.29) is 11.8 Å². The molecule has 0 aromatic heterocycles. The molecule has 0 saturated heterocycles. The third-order valence-electron chi connectivity index (χ3n) is 3.78. The molecule has 2 rings (SSSR count). The number of halogens is 2. The average Bonchev–Trinajstić information content (AvgIpc) is 2.63. The summed E-state index contributed by atoms with van der Waals surface area (Å²) in [5, 5.41) is 3.59. The highest BCUT2D eigenvalue weighted by molar-refractivity contribution is 7.86. The van der Waals surface area contributed by atoms with Gasteiger partial charge < -0.3 is 19.1 Å². The molecule has 2 amide bonds. The van der Waals surface area contributed by atoms with Gasteiger partial charge >= 0.3 is 16.1 Å². The van der Waals surface area contributed by atoms with Crippen LogP contribution in [-0.2, 0) is 21.4 Å². The number of hydrogen-bond acceptors (Lipinski definition) is 5. The number of benzene rings is 2. The van der Waals surface area contributed by atoms with Crippen molar-refractivity contribution in [2.24, 2.45) is 0 Å². The van der Waals surface area contributed by atoms with E-state index in [0.29, 0.717) is 41.8 Å². The van der Waals surface area contributed by atoms with E-state index in [2.05, 4.69) is 5.32 Å². The number of amides is 2. The molecule has 1 N–H and O–H groups in total. The Bertz CT molecular complexity index is 936. The first-order valence-electron chi connectivity index (χ1n) is 8.66. The lowest BCUT2D eigenvalue weighted by Gasteiger charge is -2.23. The topological polar surface area (TPSA) is 84.9 Å². The Morgan fingerprint density at radius 1 is 1.14 bits per heavy atom. The molecule has 0 spiro atoms. The van der Waals surface area contributed by atoms with Crippen molar-refractivity contribution in [3.63, 3.8) is 0 Å². The highest BCUT2D eigenvalue weighted by Crippen LogP contribution is 2.26. The molecule has 0 aliphatic heterocycles. The first-order valence-corrected chi connectivity index (χ1v) is 11.2. The molecule has 0 aliphatic rings. The first kappa shape index (κ1) is 23.3. The van der Waals surface area contributed by atoms with Crippen molar-refractivity contribution in [1.82, 2.24) is 4.90 Å². The highest BCUT2D eigenvalue weighted by Gasteiger charge is 2.16. The summed E-state index contributed by atoms with van der Waals surface area (Å²) in [6, 6.07) is 11.0. The quantitative estimate of drug-likeness (QED) is 0.442. The SMILES string of the molecule is COCCCN(Cc1ccc(OS(C)(=O)=O)cc1)C(=O)Nc1ccc(Cl)cc1Cl. The summed E-state index contributed by atoms with van der Waals surface area (Å²) in [6.07, 6.45) is 1.62. The molecular formula is C19H22Cl2N2O5S. The summed E-state index contributed by atoms with van der Waals surface area (Å²) < 4.78 is 32.3. The third-order valence-corrected chi connectivity index (χ3v) is 4.82. The highest BCUT2D eigenvalue weighted by atomic mass is 35.5. The Balaban J connectivity index is 2.11. The van der Waals surface area contributed by atoms with E-state index in [9.17, 15) is 13.2 Å². The standard InChI is InChI=1S/C19H22Cl2N2O5S/c1-27-11-3-10-23(19(24)22-18-9-6-15(20)12-17(18)21)13-14-4-7-16(8-5-14)28-29(2,25)26/h4-9,12H,3,10-11,13H2,1-2H3,(H,22,24). The molecule has 0 radical (unpaired) electrons. The number of methoxy groups -OCH3 is 1. The molecule has 0 saturated carbocycles. The van der Waals surface area contributed by atoms with Gasteiger partial charge in [-0.2, -0.15) is 8.42 Å². The van der Waals surface area contributed by atoms with Gasteiger partial charge in [0.2, 0.25) is 0 Å². The van der Waals surface area contributed by atoms with Gasteiger partial charge in [-0.05, 0) is 42.3 Å². The van der Waals surface area contributed by atoms with Crippen LogP contribution in [0.2, 0.25) is 10.0 Å². The maximum Gasteiger partial charge on any atom is 0.322 e. The summed E-state index contributed by atoms with van der Waals surface area (Å²) >= 11 is 12.0. The van der Waals surface area contributed by atoms with Gasteiger partial charge in [0.15, 0.2) is 0 Å². The minimum Gasteiger partial charge on any atom is -0.385 e. The van der Waals surface area contributed by atoms with Crippen LogP contribution in [0, 0.1) is 0 Å². The summed E-state index contributed by atoms with van der Waals surface area (Å²) in [4.78, 5) is 14.4. The van der Waals surface area contributed by atoms with Crippen molar-refractivity contribution in [3.05, 3.63) is 58.1 Å². The van der Waals surface area contributed by atoms with E-state index >= 15 is 0 Å². The van der Waals surface area contributed by atoms with Gasteiger partial charge in [-0.3, -0.25) is 0 Å². The van der Waals surface area contributed by atoms with Crippen LogP contribution < -0.4 is 9.50 Å². The van der Waals surface area contributed by atoms with Gasteiger partial charge in [-0.25, -0.2) is 4.79 Å². The Kier molecular flexibility index (Phi) is 8.58. The van der Waals surface area contributed by atoms with Crippen LogP contribution in [-0.4, -0.2) is 45.9 Å². The Labute approximate surface area is 180 Å². The number of urea groups is 1. The Morgan fingerprint density at radius 2 is 1.83 bits per heavy atom. The lowest BCUT2D eigenvalue weighted by molar-refractivity contribution is 0.171. The lowest BCUT2D eigenvalue weighted by Crippen LogP contribution is -2.35. The van der Waals surface area contributed by atoms with Crippen molar-refractivity contribution in [1.29, 1.82) is 0 Å². The normalized spacial score (nSPS) is 11.2. The predicted octanol–water partition coefficient (Wildman–Crippen LogP) is 4.40. The number of ether oxygens (including phenoxy) is 1. The zero-order valence-corrected chi connectivity index (χ0v) is 18.4. The number of nitrogens with one attached hydrogen (secondary N) is 1. The number of carbonyl (C=O) groups is 1. The van der Waals surface area contributed by atoms with E-state index in [4.69, 9.17) is 32.1 Å². The van der Waals surface area contributed by atoms with Crippen LogP contribution in [0.1, 0.15) is 12.0 Å². The zero-order valence-electron chi connectivity index (χ0n) is 16.0. The minimum absolute atomic E-state index is 0.208. The Hall–Kier alpha value is -2.00. The van der Waals surface area contributed by atoms with Crippen LogP contribution in [0.4, 0.5) is 10.5 Å². The van der Waals surface area contributed by atoms with Crippen LogP contribution >= 0.6 is 23.2 Å². The molecule has 2 aromatic rings. The number of anilines is 1. The molecule has 10 heteroatoms. The smallest absolute Gasteiger partial charge is 0.322 e. The summed E-state index contributed by atoms with van der Waals surface area (Å²) in [7, 11) is -2.00. The van der Waals surface area contributed by atoms with Crippen molar-refractivity contribution in [2.75, 3.05) is 31.8 Å². The molecule has 2 aromatic carbocycles. The Morgan fingerprint density at radius 3 is 2.41 bits per heavy atom. The van der Waals surface area contributed by atoms with Gasteiger partial charge in [-0.1, -0.05) is 35.3 Å². The van der Waals surface area contributed by atoms with Gasteiger partial charge in [0, 0.05) is 31.8 Å². The van der Waals surface area contributed by atoms with Crippen LogP contribution in [0.3, 0.4) is 0 Å². The molecule has 0 aliphatic carbocycles. The van der Waals surface area contributed by atoms with E-state index in [1.807, 2.05) is 0 Å². The second-order valence-electron chi connectivity index (χ2n) is 6.25. The number of nitrogens with zero attached hydrogens (tertiary/aromatic N) is 1. The maximum atomic E-state index is 12.8. The molecular weight excluding hydrogens is 439 g/mol. The number of hydrogen-bond donors (Lipinski definition) is 1. The predicted molar refractivity (Wildman–Crippen MR) is 114 cm³/mol. The van der Waals surface area contributed by atoms with Crippen molar-refractivity contribution >= 4 is 45.0 Å². The van der Waals surface area contributed by atoms with Crippen molar-refractivity contribution < 1.29 is 22.1 Å². The van der Waals surface area contributed by atoms with Gasteiger partial charge in [0.05, 0.1) is 17.0 Å². The maximum absolute atomic E-state index is 12.8. The summed E-state index contributed by atoms with van der Waals surface area (Å²) in [5.41, 5.74) is 1.26. The fourth-order valence-corrected chi connectivity index (χ4v) is 3.40. The molecule has 158 valence electrons. The van der Waals surface area contributed by atoms with Gasteiger partial charge in [0.1, 0.15) is 5.75 Å². The molecule has 7 nitrogen and oxygen atoms in total. The van der Waals surface area contributed by atoms with E-state index < -0.39 is 10.1 Å². The van der Waals surface area contributed by atoms with Crippen molar-refractivity contribution in [2.45, 2.75) is 13.0 Å². The van der Waals surface area contributed by atoms with Crippen LogP contribution in [0.5, 0.6) is 5.75 Å². The zero-order chi connectivity index (χ0) is 21.4. The molecule has 0 fully saturated rings. The van der Waals surface area contributed by atoms with E-state index in [1.54, 1.807) is 42.3 Å². The van der Waals surface area contributed by atoms with Gasteiger partial charge in [-0.15, -0.1) is 0 Å². The first-order chi connectivity index (χ1) is 13.7. The fourth-order valence-electron chi connectivity index (χ4n) is 2.48. The average molecular weight is 461 g/mol. The summed E-state index contributed by atoms with van der Waals surface area (Å²) in [6.45, 7) is 1.26. The monoisotopic (exact) mass is 460 g/mol. The van der Waals surface area contributed by atoms with E-state index in [1.165, 1.54) is 12.1 Å². The third kappa shape index (κ3) is 8.10.